The van der Waals surface area contributed by atoms with Crippen LogP contribution in [0, 0.1) is 6.92 Å². The van der Waals surface area contributed by atoms with Crippen molar-refractivity contribution in [2.24, 2.45) is 7.05 Å². The van der Waals surface area contributed by atoms with Gasteiger partial charge in [0.1, 0.15) is 5.69 Å². The molecule has 0 saturated heterocycles. The molecule has 3 aromatic rings. The minimum atomic E-state index is -0.299. The van der Waals surface area contributed by atoms with Crippen LogP contribution in [0.25, 0.3) is 22.6 Å². The molecule has 0 amide bonds. The molecule has 1 N–H and O–H groups in total. The van der Waals surface area contributed by atoms with Gasteiger partial charge in [-0.25, -0.2) is 0 Å². The zero-order valence-electron chi connectivity index (χ0n) is 10.0. The summed E-state index contributed by atoms with van der Waals surface area (Å²) < 4.78 is 1.54. The Hall–Kier alpha value is -2.50. The molecule has 0 unspecified atom stereocenters. The highest BCUT2D eigenvalue weighted by atomic mass is 16.1. The number of hydrogen-bond donors (Lipinski definition) is 1. The van der Waals surface area contributed by atoms with Gasteiger partial charge in [0.25, 0.3) is 5.56 Å². The minimum absolute atomic E-state index is 0.299. The van der Waals surface area contributed by atoms with Gasteiger partial charge in [0.2, 0.25) is 0 Å². The monoisotopic (exact) mass is 241 g/mol. The maximum Gasteiger partial charge on any atom is 0.299 e. The Morgan fingerprint density at radius 1 is 1.33 bits per heavy atom. The van der Waals surface area contributed by atoms with Crippen molar-refractivity contribution in [2.75, 3.05) is 0 Å². The molecular weight excluding hydrogens is 230 g/mol. The van der Waals surface area contributed by atoms with E-state index in [4.69, 9.17) is 0 Å². The van der Waals surface area contributed by atoms with Gasteiger partial charge in [0.05, 0.1) is 11.2 Å². The van der Waals surface area contributed by atoms with E-state index in [-0.39, 0.29) is 5.56 Å². The van der Waals surface area contributed by atoms with Crippen LogP contribution >= 0.6 is 0 Å². The first-order valence-corrected chi connectivity index (χ1v) is 5.52. The van der Waals surface area contributed by atoms with Gasteiger partial charge in [-0.2, -0.15) is 10.1 Å². The van der Waals surface area contributed by atoms with Gasteiger partial charge < -0.3 is 4.98 Å². The Kier molecular flexibility index (Phi) is 2.22. The Morgan fingerprint density at radius 3 is 2.89 bits per heavy atom. The summed E-state index contributed by atoms with van der Waals surface area (Å²) in [6, 6.07) is 5.47. The number of fused-ring (bicyclic) bond motifs is 1. The van der Waals surface area contributed by atoms with E-state index in [1.807, 2.05) is 19.1 Å². The van der Waals surface area contributed by atoms with Crippen LogP contribution in [0.15, 0.2) is 29.2 Å². The molecule has 3 heterocycles. The van der Waals surface area contributed by atoms with Crippen LogP contribution in [0.5, 0.6) is 0 Å². The highest BCUT2D eigenvalue weighted by Crippen LogP contribution is 2.15. The molecule has 0 aromatic carbocycles. The molecular formula is C12H11N5O. The molecule has 0 aliphatic carbocycles. The van der Waals surface area contributed by atoms with Crippen molar-refractivity contribution in [3.05, 3.63) is 40.4 Å². The second-order valence-corrected chi connectivity index (χ2v) is 4.04. The lowest BCUT2D eigenvalue weighted by atomic mass is 10.3. The van der Waals surface area contributed by atoms with E-state index >= 15 is 0 Å². The molecule has 90 valence electrons. The topological polar surface area (TPSA) is 76.5 Å². The zero-order valence-corrected chi connectivity index (χ0v) is 10.0. The van der Waals surface area contributed by atoms with Gasteiger partial charge in [-0.1, -0.05) is 6.07 Å². The molecule has 0 radical (unpaired) electrons. The molecule has 18 heavy (non-hydrogen) atoms. The van der Waals surface area contributed by atoms with Gasteiger partial charge in [0.15, 0.2) is 11.3 Å². The van der Waals surface area contributed by atoms with Gasteiger partial charge in [0, 0.05) is 13.2 Å². The lowest BCUT2D eigenvalue weighted by molar-refractivity contribution is 0.779. The number of rotatable bonds is 1. The van der Waals surface area contributed by atoms with E-state index in [0.717, 1.165) is 5.69 Å². The molecule has 0 fully saturated rings. The summed E-state index contributed by atoms with van der Waals surface area (Å²) in [5, 5.41) is 4.21. The fraction of sp³-hybridized carbons (Fsp3) is 0.167. The maximum absolute atomic E-state index is 12.0. The van der Waals surface area contributed by atoms with E-state index in [2.05, 4.69) is 20.1 Å². The van der Waals surface area contributed by atoms with E-state index in [1.54, 1.807) is 24.0 Å². The van der Waals surface area contributed by atoms with Crippen molar-refractivity contribution in [1.82, 2.24) is 24.7 Å². The third-order valence-corrected chi connectivity index (χ3v) is 2.79. The number of H-pyrrole nitrogens is 1. The van der Waals surface area contributed by atoms with Crippen LogP contribution in [0.1, 0.15) is 5.69 Å². The Morgan fingerprint density at radius 2 is 2.17 bits per heavy atom. The first-order valence-electron chi connectivity index (χ1n) is 5.52. The summed E-state index contributed by atoms with van der Waals surface area (Å²) in [6.07, 6.45) is 1.66. The summed E-state index contributed by atoms with van der Waals surface area (Å²) in [7, 11) is 1.73. The zero-order chi connectivity index (χ0) is 12.7. The van der Waals surface area contributed by atoms with Gasteiger partial charge in [-0.3, -0.25) is 14.5 Å². The molecule has 6 nitrogen and oxygen atoms in total. The van der Waals surface area contributed by atoms with Crippen LogP contribution < -0.4 is 5.56 Å². The average Bonchev–Trinajstić information content (AvgIpc) is 2.66. The van der Waals surface area contributed by atoms with Crippen molar-refractivity contribution in [1.29, 1.82) is 0 Å². The molecule has 0 spiro atoms. The second kappa shape index (κ2) is 3.76. The third-order valence-electron chi connectivity index (χ3n) is 2.79. The summed E-state index contributed by atoms with van der Waals surface area (Å²) in [5.74, 6) is 0.462. The smallest absolute Gasteiger partial charge is 0.299 e. The predicted octanol–water partition coefficient (Wildman–Crippen LogP) is 1.03. The number of aromatic amines is 1. The van der Waals surface area contributed by atoms with Crippen molar-refractivity contribution >= 4 is 11.0 Å². The number of hydrogen-bond acceptors (Lipinski definition) is 4. The molecule has 6 heteroatoms. The fourth-order valence-corrected chi connectivity index (χ4v) is 1.98. The van der Waals surface area contributed by atoms with Crippen LogP contribution in [0.3, 0.4) is 0 Å². The van der Waals surface area contributed by atoms with Gasteiger partial charge >= 0.3 is 0 Å². The first kappa shape index (κ1) is 10.6. The molecule has 0 atom stereocenters. The molecule has 0 bridgehead atoms. The number of nitrogens with one attached hydrogen (secondary N) is 1. The third kappa shape index (κ3) is 1.50. The lowest BCUT2D eigenvalue weighted by Crippen LogP contribution is -2.12. The molecule has 3 aromatic heterocycles. The Bertz CT molecular complexity index is 772. The summed E-state index contributed by atoms with van der Waals surface area (Å²) in [5.41, 5.74) is 2.29. The molecule has 0 saturated carbocycles. The van der Waals surface area contributed by atoms with E-state index in [1.165, 1.54) is 0 Å². The SMILES string of the molecule is Cc1nn(C)c2c(=O)nc(-c3ccccn3)[nH]c12. The maximum atomic E-state index is 12.0. The van der Waals surface area contributed by atoms with Crippen LogP contribution in [-0.2, 0) is 7.05 Å². The second-order valence-electron chi connectivity index (χ2n) is 4.04. The number of aromatic nitrogens is 5. The van der Waals surface area contributed by atoms with Gasteiger partial charge in [-0.15, -0.1) is 0 Å². The van der Waals surface area contributed by atoms with E-state index < -0.39 is 0 Å². The first-order chi connectivity index (χ1) is 8.66. The Balaban J connectivity index is 2.35. The van der Waals surface area contributed by atoms with Gasteiger partial charge in [-0.05, 0) is 19.1 Å². The van der Waals surface area contributed by atoms with Crippen molar-refractivity contribution in [3.8, 4) is 11.5 Å². The summed E-state index contributed by atoms with van der Waals surface area (Å²) in [4.78, 5) is 23.3. The lowest BCUT2D eigenvalue weighted by Gasteiger charge is -2.00. The molecule has 0 aliphatic heterocycles. The number of aryl methyl sites for hydroxylation is 2. The fourth-order valence-electron chi connectivity index (χ4n) is 1.98. The number of pyridine rings is 1. The van der Waals surface area contributed by atoms with Crippen LogP contribution in [0.4, 0.5) is 0 Å². The Labute approximate surface area is 102 Å². The van der Waals surface area contributed by atoms with Crippen molar-refractivity contribution < 1.29 is 0 Å². The van der Waals surface area contributed by atoms with Crippen LogP contribution in [-0.4, -0.2) is 24.7 Å². The highest BCUT2D eigenvalue weighted by molar-refractivity contribution is 5.78. The normalized spacial score (nSPS) is 11.0. The standard InChI is InChI=1S/C12H11N5O/c1-7-9-10(17(2)16-7)12(18)15-11(14-9)8-5-3-4-6-13-8/h3-6H,1-2H3,(H,14,15,18). The summed E-state index contributed by atoms with van der Waals surface area (Å²) in [6.45, 7) is 1.85. The predicted molar refractivity (Wildman–Crippen MR) is 67.1 cm³/mol. The van der Waals surface area contributed by atoms with E-state index in [9.17, 15) is 4.79 Å². The van der Waals surface area contributed by atoms with Crippen LogP contribution in [0.2, 0.25) is 0 Å². The number of nitrogens with zero attached hydrogens (tertiary/aromatic N) is 4. The average molecular weight is 241 g/mol. The largest absolute Gasteiger partial charge is 0.335 e. The van der Waals surface area contributed by atoms with E-state index in [0.29, 0.717) is 22.6 Å². The quantitative estimate of drug-likeness (QED) is 0.690. The van der Waals surface area contributed by atoms with Crippen molar-refractivity contribution in [2.45, 2.75) is 6.92 Å². The highest BCUT2D eigenvalue weighted by Gasteiger charge is 2.12. The van der Waals surface area contributed by atoms with Crippen molar-refractivity contribution in [3.63, 3.8) is 0 Å². The molecule has 0 aliphatic rings. The molecule has 3 rings (SSSR count). The minimum Gasteiger partial charge on any atom is -0.335 e. The summed E-state index contributed by atoms with van der Waals surface area (Å²) >= 11 is 0.